The van der Waals surface area contributed by atoms with E-state index in [1.54, 1.807) is 64.0 Å². The van der Waals surface area contributed by atoms with Crippen molar-refractivity contribution >= 4 is 35.1 Å². The molecule has 0 unspecified atom stereocenters. The summed E-state index contributed by atoms with van der Waals surface area (Å²) in [5.41, 5.74) is -2.34. The number of hydrogen-bond donors (Lipinski definition) is 1. The molecule has 45 heavy (non-hydrogen) atoms. The van der Waals surface area contributed by atoms with Gasteiger partial charge in [0, 0.05) is 36.9 Å². The Hall–Kier alpha value is -3.96. The van der Waals surface area contributed by atoms with Crippen LogP contribution in [0.4, 0.5) is 18.4 Å². The summed E-state index contributed by atoms with van der Waals surface area (Å²) in [6, 6.07) is 0.306. The molecule has 2 amide bonds. The monoisotopic (exact) mass is 631 g/mol. The molecule has 2 fully saturated rings. The molecule has 1 aliphatic carbocycles. The summed E-state index contributed by atoms with van der Waals surface area (Å²) in [6.45, 7) is 12.8. The maximum Gasteiger partial charge on any atom is 0.410 e. The van der Waals surface area contributed by atoms with Crippen molar-refractivity contribution in [1.82, 2.24) is 14.8 Å². The lowest BCUT2D eigenvalue weighted by atomic mass is 9.96. The summed E-state index contributed by atoms with van der Waals surface area (Å²) in [4.78, 5) is 52.9. The number of carbonyl (C=O) groups is 3. The third-order valence-corrected chi connectivity index (χ3v) is 7.56. The van der Waals surface area contributed by atoms with Crippen LogP contribution in [-0.4, -0.2) is 64.6 Å². The van der Waals surface area contributed by atoms with Crippen LogP contribution < -0.4 is 10.7 Å². The van der Waals surface area contributed by atoms with Crippen molar-refractivity contribution in [3.8, 4) is 0 Å². The van der Waals surface area contributed by atoms with Crippen LogP contribution in [0.2, 0.25) is 0 Å². The number of amides is 2. The van der Waals surface area contributed by atoms with E-state index in [-0.39, 0.29) is 53.6 Å². The maximum absolute atomic E-state index is 15.4. The molecule has 0 bridgehead atoms. The van der Waals surface area contributed by atoms with Gasteiger partial charge in [-0.2, -0.15) is 0 Å². The van der Waals surface area contributed by atoms with E-state index in [1.165, 1.54) is 12.3 Å². The summed E-state index contributed by atoms with van der Waals surface area (Å²) >= 11 is 0. The van der Waals surface area contributed by atoms with Crippen molar-refractivity contribution < 1.29 is 37.4 Å². The molecule has 0 spiro atoms. The number of likely N-dealkylation sites (tertiary alicyclic amines) is 1. The van der Waals surface area contributed by atoms with Crippen LogP contribution in [0.3, 0.4) is 0 Å². The minimum Gasteiger partial charge on any atom is -0.462 e. The number of alkyl carbamates (subject to hydrolysis) is 1. The highest BCUT2D eigenvalue weighted by atomic mass is 19.2. The van der Waals surface area contributed by atoms with Gasteiger partial charge in [-0.05, 0) is 86.1 Å². The van der Waals surface area contributed by atoms with Crippen molar-refractivity contribution in [2.45, 2.75) is 97.4 Å². The number of carbonyl (C=O) groups excluding carboxylic acids is 3. The predicted molar refractivity (Wildman–Crippen MR) is 165 cm³/mol. The number of pyridine rings is 1. The number of nitrogens with zero attached hydrogens (tertiary/aromatic N) is 2. The summed E-state index contributed by atoms with van der Waals surface area (Å²) in [5, 5.41) is 2.65. The number of nitrogens with one attached hydrogen (secondary N) is 1. The van der Waals surface area contributed by atoms with E-state index in [2.05, 4.69) is 5.32 Å². The molecule has 1 aromatic heterocycles. The molecule has 1 aromatic carbocycles. The Kier molecular flexibility index (Phi) is 9.94. The molecule has 1 saturated carbocycles. The number of halogens is 2. The summed E-state index contributed by atoms with van der Waals surface area (Å²) < 4.78 is 48.0. The number of aromatic nitrogens is 1. The zero-order valence-electron chi connectivity index (χ0n) is 27.0. The average molecular weight is 632 g/mol. The molecule has 2 heterocycles. The van der Waals surface area contributed by atoms with Gasteiger partial charge < -0.3 is 29.0 Å². The van der Waals surface area contributed by atoms with Crippen molar-refractivity contribution in [3.05, 3.63) is 51.3 Å². The van der Waals surface area contributed by atoms with E-state index < -0.39 is 52.5 Å². The summed E-state index contributed by atoms with van der Waals surface area (Å²) in [7, 11) is 0. The SMILES string of the molecule is CCOC(=O)c1cn(C2CC2)c2c(C=CC[C@H]3[C@H](CNC(=O)OC(C)(C)C)CCN3C(=O)OC(C)(C)C)c(F)c(F)cc2c1=O. The topological polar surface area (TPSA) is 116 Å². The lowest BCUT2D eigenvalue weighted by Gasteiger charge is -2.30. The van der Waals surface area contributed by atoms with E-state index in [0.29, 0.717) is 13.0 Å². The number of hydrogen-bond acceptors (Lipinski definition) is 7. The van der Waals surface area contributed by atoms with Gasteiger partial charge in [0.2, 0.25) is 5.43 Å². The zero-order valence-corrected chi connectivity index (χ0v) is 27.0. The van der Waals surface area contributed by atoms with Gasteiger partial charge >= 0.3 is 18.2 Å². The van der Waals surface area contributed by atoms with E-state index in [4.69, 9.17) is 14.2 Å². The molecule has 2 atom stereocenters. The van der Waals surface area contributed by atoms with Crippen LogP contribution in [0.1, 0.15) is 96.1 Å². The zero-order chi connectivity index (χ0) is 33.3. The van der Waals surface area contributed by atoms with Gasteiger partial charge in [-0.3, -0.25) is 4.79 Å². The van der Waals surface area contributed by atoms with Crippen LogP contribution in [-0.2, 0) is 14.2 Å². The maximum atomic E-state index is 15.4. The van der Waals surface area contributed by atoms with Gasteiger partial charge in [-0.25, -0.2) is 23.2 Å². The second-order valence-corrected chi connectivity index (χ2v) is 13.5. The molecule has 1 saturated heterocycles. The lowest BCUT2D eigenvalue weighted by Crippen LogP contribution is -2.43. The van der Waals surface area contributed by atoms with Crippen LogP contribution >= 0.6 is 0 Å². The standard InChI is InChI=1S/C33H43F2N3O7/c1-8-43-29(40)23-18-38(20-12-13-20)27-21(26(35)24(34)16-22(27)28(23)39)10-9-11-25-19(17-36-30(41)44-32(2,3)4)14-15-37(25)31(42)45-33(5,6)7/h9-10,16,18-20,25H,8,11-15,17H2,1-7H3,(H,36,41)/t19-,25-/m0/s1. The molecule has 246 valence electrons. The first kappa shape index (κ1) is 33.9. The molecule has 1 aliphatic heterocycles. The summed E-state index contributed by atoms with van der Waals surface area (Å²) in [5.74, 6) is -3.36. The summed E-state index contributed by atoms with van der Waals surface area (Å²) in [6.07, 6.45) is 5.61. The highest BCUT2D eigenvalue weighted by molar-refractivity contribution is 5.96. The van der Waals surface area contributed by atoms with Crippen molar-refractivity contribution in [2.75, 3.05) is 19.7 Å². The first-order chi connectivity index (χ1) is 21.0. The number of benzene rings is 1. The van der Waals surface area contributed by atoms with Gasteiger partial charge in [0.15, 0.2) is 11.6 Å². The normalized spacial score (nSPS) is 18.8. The molecule has 4 rings (SSSR count). The van der Waals surface area contributed by atoms with Crippen molar-refractivity contribution in [1.29, 1.82) is 0 Å². The molecular weight excluding hydrogens is 588 g/mol. The number of fused-ring (bicyclic) bond motifs is 1. The molecule has 2 aromatic rings. The van der Waals surface area contributed by atoms with Crippen molar-refractivity contribution in [2.24, 2.45) is 5.92 Å². The minimum absolute atomic E-state index is 0.0568. The molecule has 12 heteroatoms. The van der Waals surface area contributed by atoms with E-state index in [1.807, 2.05) is 0 Å². The van der Waals surface area contributed by atoms with Crippen LogP contribution in [0.15, 0.2) is 23.1 Å². The molecular formula is C33H43F2N3O7. The van der Waals surface area contributed by atoms with Crippen LogP contribution in [0.5, 0.6) is 0 Å². The molecule has 0 radical (unpaired) electrons. The Labute approximate surface area is 261 Å². The fraction of sp³-hybridized carbons (Fsp3) is 0.576. The minimum atomic E-state index is -1.22. The fourth-order valence-electron chi connectivity index (χ4n) is 5.52. The van der Waals surface area contributed by atoms with E-state index >= 15 is 4.39 Å². The largest absolute Gasteiger partial charge is 0.462 e. The second-order valence-electron chi connectivity index (χ2n) is 13.5. The van der Waals surface area contributed by atoms with Crippen LogP contribution in [0.25, 0.3) is 17.0 Å². The van der Waals surface area contributed by atoms with Gasteiger partial charge in [0.25, 0.3) is 0 Å². The highest BCUT2D eigenvalue weighted by Gasteiger charge is 2.39. The Bertz CT molecular complexity index is 1550. The van der Waals surface area contributed by atoms with Gasteiger partial charge in [0.1, 0.15) is 16.8 Å². The first-order valence-electron chi connectivity index (χ1n) is 15.4. The molecule has 1 N–H and O–H groups in total. The Morgan fingerprint density at radius 1 is 1.04 bits per heavy atom. The molecule has 2 aliphatic rings. The predicted octanol–water partition coefficient (Wildman–Crippen LogP) is 6.34. The van der Waals surface area contributed by atoms with Gasteiger partial charge in [0.05, 0.1) is 17.5 Å². The van der Waals surface area contributed by atoms with E-state index in [0.717, 1.165) is 18.9 Å². The fourth-order valence-corrected chi connectivity index (χ4v) is 5.52. The third-order valence-electron chi connectivity index (χ3n) is 7.56. The van der Waals surface area contributed by atoms with Gasteiger partial charge in [-0.15, -0.1) is 0 Å². The quantitative estimate of drug-likeness (QED) is 0.267. The highest BCUT2D eigenvalue weighted by Crippen LogP contribution is 2.39. The Morgan fingerprint density at radius 2 is 1.71 bits per heavy atom. The first-order valence-corrected chi connectivity index (χ1v) is 15.4. The third kappa shape index (κ3) is 8.20. The van der Waals surface area contributed by atoms with Crippen LogP contribution in [0, 0.1) is 17.6 Å². The smallest absolute Gasteiger partial charge is 0.410 e. The number of ether oxygens (including phenoxy) is 3. The Balaban J connectivity index is 1.69. The molecule has 10 nitrogen and oxygen atoms in total. The number of rotatable bonds is 8. The average Bonchev–Trinajstić information content (AvgIpc) is 3.68. The second kappa shape index (κ2) is 13.2. The lowest BCUT2D eigenvalue weighted by molar-refractivity contribution is 0.0209. The Morgan fingerprint density at radius 3 is 2.31 bits per heavy atom. The van der Waals surface area contributed by atoms with Crippen molar-refractivity contribution in [3.63, 3.8) is 0 Å². The number of esters is 1. The van der Waals surface area contributed by atoms with Gasteiger partial charge in [-0.1, -0.05) is 12.2 Å². The van der Waals surface area contributed by atoms with E-state index in [9.17, 15) is 23.6 Å².